The Labute approximate surface area is 177 Å². The average Bonchev–Trinajstić information content (AvgIpc) is 3.48. The topological polar surface area (TPSA) is 70.1 Å². The van der Waals surface area contributed by atoms with E-state index in [2.05, 4.69) is 50.4 Å². The summed E-state index contributed by atoms with van der Waals surface area (Å²) in [6.07, 6.45) is 4.50. The molecule has 0 aromatic carbocycles. The van der Waals surface area contributed by atoms with Gasteiger partial charge in [-0.15, -0.1) is 21.5 Å². The standard InChI is InChI=1S/C20H22N6OS2/c1-13-9-14(2)25-10-15(22-19(25)21-13)12-29-20-24-23-18(17-6-4-8-28-17)26(20)11-16-5-3-7-27-16/h4,6,8-10,16H,3,5,7,11-12H2,1-2H3/t16-/m1/s1. The van der Waals surface area contributed by atoms with Gasteiger partial charge in [-0.05, 0) is 44.2 Å². The highest BCUT2D eigenvalue weighted by Gasteiger charge is 2.22. The molecule has 7 nitrogen and oxygen atoms in total. The maximum atomic E-state index is 5.87. The molecule has 150 valence electrons. The zero-order chi connectivity index (χ0) is 19.8. The van der Waals surface area contributed by atoms with Crippen LogP contribution in [0.3, 0.4) is 0 Å². The summed E-state index contributed by atoms with van der Waals surface area (Å²) in [5, 5.41) is 12.0. The molecule has 1 atom stereocenters. The van der Waals surface area contributed by atoms with E-state index >= 15 is 0 Å². The molecular formula is C20H22N6OS2. The number of thiophene rings is 1. The Morgan fingerprint density at radius 3 is 3.00 bits per heavy atom. The maximum Gasteiger partial charge on any atom is 0.234 e. The zero-order valence-corrected chi connectivity index (χ0v) is 18.0. The number of ether oxygens (including phenoxy) is 1. The summed E-state index contributed by atoms with van der Waals surface area (Å²) in [5.74, 6) is 2.38. The molecule has 1 aliphatic rings. The minimum absolute atomic E-state index is 0.231. The van der Waals surface area contributed by atoms with E-state index in [-0.39, 0.29) is 6.10 Å². The van der Waals surface area contributed by atoms with Crippen molar-refractivity contribution in [3.8, 4) is 10.7 Å². The number of rotatable bonds is 6. The number of fused-ring (bicyclic) bond motifs is 1. The Balaban J connectivity index is 1.41. The van der Waals surface area contributed by atoms with Gasteiger partial charge in [0.1, 0.15) is 0 Å². The van der Waals surface area contributed by atoms with Crippen LogP contribution in [0.4, 0.5) is 0 Å². The van der Waals surface area contributed by atoms with Crippen LogP contribution in [0.25, 0.3) is 16.5 Å². The van der Waals surface area contributed by atoms with Gasteiger partial charge in [-0.25, -0.2) is 9.97 Å². The van der Waals surface area contributed by atoms with E-state index in [9.17, 15) is 0 Å². The van der Waals surface area contributed by atoms with Crippen molar-refractivity contribution >= 4 is 28.9 Å². The fourth-order valence-corrected chi connectivity index (χ4v) is 5.22. The third-order valence-corrected chi connectivity index (χ3v) is 6.90. The highest BCUT2D eigenvalue weighted by molar-refractivity contribution is 7.98. The molecule has 0 radical (unpaired) electrons. The second kappa shape index (κ2) is 7.89. The van der Waals surface area contributed by atoms with Crippen LogP contribution < -0.4 is 0 Å². The van der Waals surface area contributed by atoms with Crippen LogP contribution >= 0.6 is 23.1 Å². The number of nitrogens with zero attached hydrogens (tertiary/aromatic N) is 6. The molecule has 9 heteroatoms. The molecule has 0 spiro atoms. The lowest BCUT2D eigenvalue weighted by Gasteiger charge is -2.14. The Hall–Kier alpha value is -2.23. The normalized spacial score (nSPS) is 16.8. The second-order valence-corrected chi connectivity index (χ2v) is 9.15. The molecule has 4 aromatic heterocycles. The van der Waals surface area contributed by atoms with E-state index in [1.54, 1.807) is 23.1 Å². The van der Waals surface area contributed by atoms with Crippen molar-refractivity contribution in [3.63, 3.8) is 0 Å². The first-order chi connectivity index (χ1) is 14.2. The van der Waals surface area contributed by atoms with Gasteiger partial charge in [-0.2, -0.15) is 0 Å². The number of aromatic nitrogens is 6. The van der Waals surface area contributed by atoms with Crippen molar-refractivity contribution in [2.24, 2.45) is 0 Å². The minimum atomic E-state index is 0.231. The summed E-state index contributed by atoms with van der Waals surface area (Å²) in [4.78, 5) is 10.4. The van der Waals surface area contributed by atoms with Crippen molar-refractivity contribution in [2.75, 3.05) is 6.61 Å². The number of imidazole rings is 1. The van der Waals surface area contributed by atoms with E-state index in [1.807, 2.05) is 17.4 Å². The summed E-state index contributed by atoms with van der Waals surface area (Å²) >= 11 is 3.35. The molecule has 0 saturated carbocycles. The van der Waals surface area contributed by atoms with Gasteiger partial charge in [0.15, 0.2) is 11.0 Å². The van der Waals surface area contributed by atoms with Crippen molar-refractivity contribution in [3.05, 3.63) is 46.9 Å². The zero-order valence-electron chi connectivity index (χ0n) is 16.4. The van der Waals surface area contributed by atoms with Gasteiger partial charge in [0.05, 0.1) is 23.2 Å². The quantitative estimate of drug-likeness (QED) is 0.432. The van der Waals surface area contributed by atoms with Gasteiger partial charge in [0.25, 0.3) is 0 Å². The van der Waals surface area contributed by atoms with E-state index in [1.165, 1.54) is 0 Å². The highest BCUT2D eigenvalue weighted by atomic mass is 32.2. The molecule has 5 heterocycles. The molecule has 1 saturated heterocycles. The van der Waals surface area contributed by atoms with Gasteiger partial charge in [0.2, 0.25) is 5.78 Å². The first-order valence-corrected chi connectivity index (χ1v) is 11.6. The van der Waals surface area contributed by atoms with Crippen molar-refractivity contribution in [1.29, 1.82) is 0 Å². The molecule has 0 N–H and O–H groups in total. The monoisotopic (exact) mass is 426 g/mol. The molecule has 5 rings (SSSR count). The summed E-state index contributed by atoms with van der Waals surface area (Å²) in [7, 11) is 0. The smallest absolute Gasteiger partial charge is 0.234 e. The van der Waals surface area contributed by atoms with Gasteiger partial charge < -0.3 is 4.74 Å². The summed E-state index contributed by atoms with van der Waals surface area (Å²) in [5.41, 5.74) is 3.11. The van der Waals surface area contributed by atoms with Gasteiger partial charge in [0, 0.05) is 29.9 Å². The summed E-state index contributed by atoms with van der Waals surface area (Å²) in [6.45, 7) is 5.70. The molecule has 1 fully saturated rings. The van der Waals surface area contributed by atoms with E-state index in [0.29, 0.717) is 0 Å². The number of aryl methyl sites for hydroxylation is 2. The fourth-order valence-electron chi connectivity index (χ4n) is 3.67. The third kappa shape index (κ3) is 3.82. The molecule has 4 aromatic rings. The molecule has 29 heavy (non-hydrogen) atoms. The number of hydrogen-bond donors (Lipinski definition) is 0. The maximum absolute atomic E-state index is 5.87. The van der Waals surface area contributed by atoms with Crippen LogP contribution in [-0.2, 0) is 17.0 Å². The molecule has 1 aliphatic heterocycles. The average molecular weight is 427 g/mol. The summed E-state index contributed by atoms with van der Waals surface area (Å²) < 4.78 is 10.1. The molecule has 0 amide bonds. The van der Waals surface area contributed by atoms with Crippen molar-refractivity contribution < 1.29 is 4.74 Å². The molecule has 0 bridgehead atoms. The van der Waals surface area contributed by atoms with E-state index in [0.717, 1.165) is 70.5 Å². The van der Waals surface area contributed by atoms with Crippen LogP contribution in [0, 0.1) is 13.8 Å². The van der Waals surface area contributed by atoms with Gasteiger partial charge in [-0.1, -0.05) is 17.8 Å². The van der Waals surface area contributed by atoms with Crippen LogP contribution in [0.5, 0.6) is 0 Å². The fraction of sp³-hybridized carbons (Fsp3) is 0.400. The highest BCUT2D eigenvalue weighted by Crippen LogP contribution is 2.30. The Morgan fingerprint density at radius 1 is 1.28 bits per heavy atom. The van der Waals surface area contributed by atoms with Crippen molar-refractivity contribution in [2.45, 2.75) is 50.2 Å². The molecule has 0 aliphatic carbocycles. The molecule has 0 unspecified atom stereocenters. The lowest BCUT2D eigenvalue weighted by Crippen LogP contribution is -2.16. The van der Waals surface area contributed by atoms with Crippen LogP contribution in [0.1, 0.15) is 29.9 Å². The van der Waals surface area contributed by atoms with Gasteiger partial charge >= 0.3 is 0 Å². The van der Waals surface area contributed by atoms with E-state index in [4.69, 9.17) is 9.72 Å². The Kier molecular flexibility index (Phi) is 5.11. The second-order valence-electron chi connectivity index (χ2n) is 7.26. The van der Waals surface area contributed by atoms with Gasteiger partial charge in [-0.3, -0.25) is 8.97 Å². The first kappa shape index (κ1) is 18.8. The predicted octanol–water partition coefficient (Wildman–Crippen LogP) is 4.14. The van der Waals surface area contributed by atoms with Crippen LogP contribution in [0.15, 0.2) is 34.9 Å². The SMILES string of the molecule is Cc1cc(C)n2cc(CSc3nnc(-c4cccs4)n3C[C@H]3CCCO3)nc2n1. The Bertz CT molecular complexity index is 1130. The largest absolute Gasteiger partial charge is 0.376 e. The minimum Gasteiger partial charge on any atom is -0.376 e. The lowest BCUT2D eigenvalue weighted by molar-refractivity contribution is 0.0953. The van der Waals surface area contributed by atoms with Crippen LogP contribution in [0.2, 0.25) is 0 Å². The number of thioether (sulfide) groups is 1. The lowest BCUT2D eigenvalue weighted by atomic mass is 10.2. The third-order valence-electron chi connectivity index (χ3n) is 5.03. The first-order valence-electron chi connectivity index (χ1n) is 9.71. The number of hydrogen-bond acceptors (Lipinski definition) is 7. The van der Waals surface area contributed by atoms with Crippen LogP contribution in [-0.4, -0.2) is 41.8 Å². The van der Waals surface area contributed by atoms with E-state index < -0.39 is 0 Å². The summed E-state index contributed by atoms with van der Waals surface area (Å²) in [6, 6.07) is 6.21. The predicted molar refractivity (Wildman–Crippen MR) is 114 cm³/mol. The Morgan fingerprint density at radius 2 is 2.21 bits per heavy atom. The molecular weight excluding hydrogens is 404 g/mol. The van der Waals surface area contributed by atoms with Crippen molar-refractivity contribution in [1.82, 2.24) is 29.1 Å².